The molecule has 6 nitrogen and oxygen atoms in total. The third-order valence-corrected chi connectivity index (χ3v) is 4.62. The number of fused-ring (bicyclic) bond motifs is 1. The van der Waals surface area contributed by atoms with E-state index in [-0.39, 0.29) is 5.57 Å². The summed E-state index contributed by atoms with van der Waals surface area (Å²) in [5.41, 5.74) is 4.84. The van der Waals surface area contributed by atoms with Gasteiger partial charge in [-0.1, -0.05) is 36.4 Å². The van der Waals surface area contributed by atoms with Crippen LogP contribution in [-0.4, -0.2) is 25.1 Å². The van der Waals surface area contributed by atoms with Crippen LogP contribution in [0.5, 0.6) is 0 Å². The van der Waals surface area contributed by atoms with E-state index in [0.717, 1.165) is 27.7 Å². The highest BCUT2D eigenvalue weighted by atomic mass is 35.5. The van der Waals surface area contributed by atoms with Crippen LogP contribution in [0.4, 0.5) is 15.9 Å². The summed E-state index contributed by atoms with van der Waals surface area (Å²) in [5.74, 6) is 0.103. The van der Waals surface area contributed by atoms with Crippen molar-refractivity contribution in [3.63, 3.8) is 0 Å². The number of halogens is 2. The first-order chi connectivity index (χ1) is 14.7. The number of hydrogen-bond donors (Lipinski definition) is 2. The molecule has 0 spiro atoms. The number of nitrogens with zero attached hydrogens (tertiary/aromatic N) is 4. The lowest BCUT2D eigenvalue weighted by molar-refractivity contribution is 0.673. The lowest BCUT2D eigenvalue weighted by Gasteiger charge is -2.12. The molecule has 0 saturated carbocycles. The van der Waals surface area contributed by atoms with Gasteiger partial charge in [-0.25, -0.2) is 14.4 Å². The van der Waals surface area contributed by atoms with Gasteiger partial charge in [-0.05, 0) is 29.8 Å². The van der Waals surface area contributed by atoms with Crippen LogP contribution in [0.3, 0.4) is 0 Å². The van der Waals surface area contributed by atoms with Crippen LogP contribution in [0.25, 0.3) is 27.6 Å². The number of H-pyrrole nitrogens is 1. The molecule has 4 rings (SSSR count). The van der Waals surface area contributed by atoms with Crippen LogP contribution >= 0.6 is 11.6 Å². The fourth-order valence-corrected chi connectivity index (χ4v) is 3.25. The zero-order valence-electron chi connectivity index (χ0n) is 15.7. The Balaban J connectivity index is 1.85. The predicted molar refractivity (Wildman–Crippen MR) is 118 cm³/mol. The standard InChI is InChI=1S/C22H16ClFN6/c1-2-4-19(24)18(10-23)21-16(5-3-8-25-21)14-6-7-20-17(9-14)22(27-13-26-20)30-15-11-28-29-12-15/h2-13H,1H2,(H,28,29)(H,26,27,30)/b18-10+,19-4+. The Kier molecular flexibility index (Phi) is 5.63. The second-order valence-electron chi connectivity index (χ2n) is 6.24. The molecule has 3 aromatic heterocycles. The van der Waals surface area contributed by atoms with Crippen LogP contribution in [-0.2, 0) is 0 Å². The zero-order valence-corrected chi connectivity index (χ0v) is 16.4. The SMILES string of the molecule is C=C/C=C(F)\C(=C/Cl)c1ncccc1-c1ccc2ncnc(Nc3cn[nH]c3)c2c1. The fraction of sp³-hybridized carbons (Fsp3) is 0. The van der Waals surface area contributed by atoms with E-state index in [9.17, 15) is 4.39 Å². The van der Waals surface area contributed by atoms with E-state index in [1.807, 2.05) is 24.3 Å². The summed E-state index contributed by atoms with van der Waals surface area (Å²) in [5, 5.41) is 10.7. The van der Waals surface area contributed by atoms with Gasteiger partial charge in [-0.15, -0.1) is 0 Å². The largest absolute Gasteiger partial charge is 0.337 e. The number of aromatic amines is 1. The molecule has 0 bridgehead atoms. The van der Waals surface area contributed by atoms with E-state index >= 15 is 0 Å². The van der Waals surface area contributed by atoms with E-state index in [1.165, 1.54) is 24.0 Å². The average Bonchev–Trinajstić information content (AvgIpc) is 3.28. The van der Waals surface area contributed by atoms with E-state index in [0.29, 0.717) is 11.5 Å². The molecule has 0 fully saturated rings. The first-order valence-electron chi connectivity index (χ1n) is 8.96. The molecule has 3 heterocycles. The van der Waals surface area contributed by atoms with Gasteiger partial charge < -0.3 is 5.32 Å². The summed E-state index contributed by atoms with van der Waals surface area (Å²) >= 11 is 5.94. The first-order valence-corrected chi connectivity index (χ1v) is 9.40. The van der Waals surface area contributed by atoms with Gasteiger partial charge in [0.25, 0.3) is 0 Å². The Morgan fingerprint density at radius 2 is 2.10 bits per heavy atom. The summed E-state index contributed by atoms with van der Waals surface area (Å²) in [7, 11) is 0. The van der Waals surface area contributed by atoms with Crippen molar-refractivity contribution >= 4 is 39.6 Å². The number of rotatable bonds is 6. The average molecular weight is 419 g/mol. The highest BCUT2D eigenvalue weighted by Crippen LogP contribution is 2.34. The Bertz CT molecular complexity index is 1260. The van der Waals surface area contributed by atoms with Crippen molar-refractivity contribution in [1.29, 1.82) is 0 Å². The fourth-order valence-electron chi connectivity index (χ4n) is 3.04. The molecule has 1 aromatic carbocycles. The molecule has 30 heavy (non-hydrogen) atoms. The number of benzene rings is 1. The lowest BCUT2D eigenvalue weighted by Crippen LogP contribution is -1.97. The molecule has 4 aromatic rings. The smallest absolute Gasteiger partial charge is 0.141 e. The summed E-state index contributed by atoms with van der Waals surface area (Å²) < 4.78 is 14.5. The normalized spacial score (nSPS) is 12.2. The van der Waals surface area contributed by atoms with Crippen LogP contribution in [0, 0.1) is 0 Å². The number of nitrogens with one attached hydrogen (secondary N) is 2. The quantitative estimate of drug-likeness (QED) is 0.388. The van der Waals surface area contributed by atoms with Crippen molar-refractivity contribution in [2.24, 2.45) is 0 Å². The number of aromatic nitrogens is 5. The van der Waals surface area contributed by atoms with Gasteiger partial charge in [-0.2, -0.15) is 5.10 Å². The number of allylic oxidation sites excluding steroid dienone is 4. The van der Waals surface area contributed by atoms with E-state index in [4.69, 9.17) is 11.6 Å². The van der Waals surface area contributed by atoms with Gasteiger partial charge in [0.2, 0.25) is 0 Å². The van der Waals surface area contributed by atoms with Gasteiger partial charge in [0.15, 0.2) is 0 Å². The minimum atomic E-state index is -0.522. The summed E-state index contributed by atoms with van der Waals surface area (Å²) in [6.07, 6.45) is 9.07. The lowest BCUT2D eigenvalue weighted by atomic mass is 9.98. The van der Waals surface area contributed by atoms with E-state index in [2.05, 4.69) is 37.0 Å². The molecule has 148 valence electrons. The van der Waals surface area contributed by atoms with Crippen molar-refractivity contribution in [1.82, 2.24) is 25.1 Å². The molecule has 0 atom stereocenters. The van der Waals surface area contributed by atoms with Crippen molar-refractivity contribution in [2.45, 2.75) is 0 Å². The summed E-state index contributed by atoms with van der Waals surface area (Å²) in [4.78, 5) is 13.0. The van der Waals surface area contributed by atoms with Crippen molar-refractivity contribution < 1.29 is 4.39 Å². The highest BCUT2D eigenvalue weighted by Gasteiger charge is 2.16. The summed E-state index contributed by atoms with van der Waals surface area (Å²) in [6, 6.07) is 9.36. The minimum absolute atomic E-state index is 0.174. The molecule has 0 amide bonds. The molecule has 0 aliphatic rings. The maximum atomic E-state index is 14.5. The zero-order chi connectivity index (χ0) is 20.9. The predicted octanol–water partition coefficient (Wildman–Crippen LogP) is 5.78. The molecule has 0 aliphatic heterocycles. The maximum Gasteiger partial charge on any atom is 0.141 e. The highest BCUT2D eigenvalue weighted by molar-refractivity contribution is 6.29. The molecule has 8 heteroatoms. The Labute approximate surface area is 176 Å². The van der Waals surface area contributed by atoms with Crippen molar-refractivity contribution in [2.75, 3.05) is 5.32 Å². The van der Waals surface area contributed by atoms with Crippen LogP contribution < -0.4 is 5.32 Å². The molecule has 2 N–H and O–H groups in total. The first kappa shape index (κ1) is 19.5. The second-order valence-corrected chi connectivity index (χ2v) is 6.46. The van der Waals surface area contributed by atoms with Crippen LogP contribution in [0.2, 0.25) is 0 Å². The van der Waals surface area contributed by atoms with Gasteiger partial charge in [0.05, 0.1) is 23.1 Å². The van der Waals surface area contributed by atoms with Gasteiger partial charge in [0, 0.05) is 34.5 Å². The van der Waals surface area contributed by atoms with E-state index < -0.39 is 5.83 Å². The van der Waals surface area contributed by atoms with Gasteiger partial charge in [0.1, 0.15) is 18.0 Å². The Hall–Kier alpha value is -3.84. The topological polar surface area (TPSA) is 79.4 Å². The number of hydrogen-bond acceptors (Lipinski definition) is 5. The van der Waals surface area contributed by atoms with Crippen LogP contribution in [0.15, 0.2) is 85.3 Å². The number of anilines is 2. The Morgan fingerprint density at radius 3 is 2.87 bits per heavy atom. The third-order valence-electron chi connectivity index (χ3n) is 4.40. The minimum Gasteiger partial charge on any atom is -0.337 e. The van der Waals surface area contributed by atoms with Gasteiger partial charge >= 0.3 is 0 Å². The maximum absolute atomic E-state index is 14.5. The molecular formula is C22H16ClFN6. The number of pyridine rings is 1. The van der Waals surface area contributed by atoms with Crippen LogP contribution in [0.1, 0.15) is 5.69 Å². The second kappa shape index (κ2) is 8.67. The molecular weight excluding hydrogens is 403 g/mol. The molecule has 0 aliphatic carbocycles. The molecule has 0 unspecified atom stereocenters. The molecule has 0 radical (unpaired) electrons. The van der Waals surface area contributed by atoms with Crippen molar-refractivity contribution in [3.05, 3.63) is 91.0 Å². The Morgan fingerprint density at radius 1 is 1.20 bits per heavy atom. The van der Waals surface area contributed by atoms with Crippen molar-refractivity contribution in [3.8, 4) is 11.1 Å². The summed E-state index contributed by atoms with van der Waals surface area (Å²) in [6.45, 7) is 3.53. The molecule has 0 saturated heterocycles. The van der Waals surface area contributed by atoms with E-state index in [1.54, 1.807) is 24.7 Å². The monoisotopic (exact) mass is 418 g/mol. The van der Waals surface area contributed by atoms with Gasteiger partial charge in [-0.3, -0.25) is 10.1 Å². The third kappa shape index (κ3) is 3.83.